The maximum atomic E-state index is 9.60. The molecule has 1 aliphatic rings. The number of rotatable bonds is 1. The van der Waals surface area contributed by atoms with Gasteiger partial charge in [-0.25, -0.2) is 0 Å². The Labute approximate surface area is 95.3 Å². The zero-order valence-electron chi connectivity index (χ0n) is 8.89. The molecule has 0 bridgehead atoms. The summed E-state index contributed by atoms with van der Waals surface area (Å²) < 4.78 is 0. The summed E-state index contributed by atoms with van der Waals surface area (Å²) in [6.07, 6.45) is 2.39. The summed E-state index contributed by atoms with van der Waals surface area (Å²) >= 11 is 5.86. The second-order valence-corrected chi connectivity index (χ2v) is 4.61. The molecule has 0 aromatic heterocycles. The van der Waals surface area contributed by atoms with Crippen molar-refractivity contribution in [3.63, 3.8) is 0 Å². The molecule has 1 saturated heterocycles. The third kappa shape index (κ3) is 2.27. The first-order valence-electron chi connectivity index (χ1n) is 5.38. The van der Waals surface area contributed by atoms with Gasteiger partial charge in [0.2, 0.25) is 0 Å². The van der Waals surface area contributed by atoms with Crippen molar-refractivity contribution >= 4 is 11.6 Å². The van der Waals surface area contributed by atoms with Crippen molar-refractivity contribution in [1.29, 1.82) is 0 Å². The lowest BCUT2D eigenvalue weighted by Crippen LogP contribution is -2.28. The van der Waals surface area contributed by atoms with Crippen LogP contribution in [0.5, 0.6) is 5.75 Å². The summed E-state index contributed by atoms with van der Waals surface area (Å²) in [5.41, 5.74) is 2.40. The number of nitrogens with one attached hydrogen (secondary N) is 1. The first kappa shape index (κ1) is 10.8. The Kier molecular flexibility index (Phi) is 3.17. The summed E-state index contributed by atoms with van der Waals surface area (Å²) in [6, 6.07) is 3.66. The average Bonchev–Trinajstić information content (AvgIpc) is 2.25. The minimum atomic E-state index is 0.197. The zero-order valence-corrected chi connectivity index (χ0v) is 9.64. The van der Waals surface area contributed by atoms with E-state index in [2.05, 4.69) is 12.2 Å². The number of phenolic OH excluding ortho intramolecular Hbond substituents is 1. The number of hydrogen-bond acceptors (Lipinski definition) is 2. The Bertz CT molecular complexity index is 359. The van der Waals surface area contributed by atoms with Crippen molar-refractivity contribution in [2.75, 3.05) is 13.1 Å². The highest BCUT2D eigenvalue weighted by Crippen LogP contribution is 2.33. The van der Waals surface area contributed by atoms with Gasteiger partial charge in [-0.3, -0.25) is 0 Å². The first-order valence-corrected chi connectivity index (χ1v) is 5.76. The first-order chi connectivity index (χ1) is 7.18. The van der Waals surface area contributed by atoms with E-state index in [9.17, 15) is 5.11 Å². The van der Waals surface area contributed by atoms with Crippen LogP contribution in [0.4, 0.5) is 0 Å². The zero-order chi connectivity index (χ0) is 10.8. The minimum Gasteiger partial charge on any atom is -0.506 e. The van der Waals surface area contributed by atoms with Crippen LogP contribution in [-0.4, -0.2) is 18.2 Å². The molecule has 1 aromatic carbocycles. The molecule has 3 heteroatoms. The second-order valence-electron chi connectivity index (χ2n) is 4.20. The van der Waals surface area contributed by atoms with E-state index in [-0.39, 0.29) is 5.75 Å². The fraction of sp³-hybridized carbons (Fsp3) is 0.500. The summed E-state index contributed by atoms with van der Waals surface area (Å²) in [6.45, 7) is 4.16. The van der Waals surface area contributed by atoms with Gasteiger partial charge in [-0.2, -0.15) is 0 Å². The van der Waals surface area contributed by atoms with Gasteiger partial charge in [-0.05, 0) is 55.5 Å². The standard InChI is InChI=1S/C12H16ClNO/c1-8-5-11(13)12(15)6-10(8)9-3-2-4-14-7-9/h5-6,9,14-15H,2-4,7H2,1H3. The van der Waals surface area contributed by atoms with E-state index in [0.29, 0.717) is 10.9 Å². The van der Waals surface area contributed by atoms with Crippen molar-refractivity contribution in [2.45, 2.75) is 25.7 Å². The number of aromatic hydroxyl groups is 1. The Hall–Kier alpha value is -0.730. The molecule has 0 aliphatic carbocycles. The van der Waals surface area contributed by atoms with Crippen LogP contribution in [0, 0.1) is 6.92 Å². The van der Waals surface area contributed by atoms with E-state index in [1.54, 1.807) is 0 Å². The predicted octanol–water partition coefficient (Wildman–Crippen LogP) is 2.82. The van der Waals surface area contributed by atoms with Crippen LogP contribution in [0.3, 0.4) is 0 Å². The Morgan fingerprint density at radius 2 is 2.27 bits per heavy atom. The molecule has 1 aromatic rings. The van der Waals surface area contributed by atoms with Crippen molar-refractivity contribution in [2.24, 2.45) is 0 Å². The van der Waals surface area contributed by atoms with Crippen LogP contribution in [-0.2, 0) is 0 Å². The van der Waals surface area contributed by atoms with Crippen LogP contribution >= 0.6 is 11.6 Å². The monoisotopic (exact) mass is 225 g/mol. The van der Waals surface area contributed by atoms with Crippen LogP contribution in [0.1, 0.15) is 29.9 Å². The fourth-order valence-electron chi connectivity index (χ4n) is 2.23. The van der Waals surface area contributed by atoms with Gasteiger partial charge in [0.1, 0.15) is 5.75 Å². The molecular weight excluding hydrogens is 210 g/mol. The van der Waals surface area contributed by atoms with E-state index in [0.717, 1.165) is 13.1 Å². The normalized spacial score (nSPS) is 21.6. The second kappa shape index (κ2) is 4.42. The number of benzene rings is 1. The Morgan fingerprint density at radius 1 is 1.47 bits per heavy atom. The van der Waals surface area contributed by atoms with Gasteiger partial charge in [-0.15, -0.1) is 0 Å². The highest BCUT2D eigenvalue weighted by atomic mass is 35.5. The van der Waals surface area contributed by atoms with E-state index in [4.69, 9.17) is 11.6 Å². The van der Waals surface area contributed by atoms with Crippen LogP contribution < -0.4 is 5.32 Å². The molecule has 1 unspecified atom stereocenters. The molecule has 2 rings (SSSR count). The van der Waals surface area contributed by atoms with E-state index < -0.39 is 0 Å². The Balaban J connectivity index is 2.30. The molecular formula is C12H16ClNO. The van der Waals surface area contributed by atoms with E-state index in [1.165, 1.54) is 24.0 Å². The number of halogens is 1. The smallest absolute Gasteiger partial charge is 0.134 e. The molecule has 2 nitrogen and oxygen atoms in total. The summed E-state index contributed by atoms with van der Waals surface area (Å²) in [4.78, 5) is 0. The van der Waals surface area contributed by atoms with Crippen LogP contribution in [0.15, 0.2) is 12.1 Å². The topological polar surface area (TPSA) is 32.3 Å². The predicted molar refractivity (Wildman–Crippen MR) is 62.7 cm³/mol. The van der Waals surface area contributed by atoms with Gasteiger partial charge in [0.25, 0.3) is 0 Å². The molecule has 2 N–H and O–H groups in total. The van der Waals surface area contributed by atoms with Gasteiger partial charge in [-0.1, -0.05) is 11.6 Å². The third-order valence-corrected chi connectivity index (χ3v) is 3.37. The average molecular weight is 226 g/mol. The van der Waals surface area contributed by atoms with E-state index in [1.807, 2.05) is 12.1 Å². The van der Waals surface area contributed by atoms with Crippen molar-refractivity contribution in [1.82, 2.24) is 5.32 Å². The number of piperidine rings is 1. The lowest BCUT2D eigenvalue weighted by molar-refractivity contribution is 0.451. The van der Waals surface area contributed by atoms with Crippen molar-refractivity contribution in [3.8, 4) is 5.75 Å². The third-order valence-electron chi connectivity index (χ3n) is 3.07. The van der Waals surface area contributed by atoms with Gasteiger partial charge in [0, 0.05) is 6.54 Å². The molecule has 1 atom stereocenters. The molecule has 0 amide bonds. The van der Waals surface area contributed by atoms with Crippen LogP contribution in [0.25, 0.3) is 0 Å². The molecule has 1 heterocycles. The molecule has 1 aliphatic heterocycles. The number of hydrogen-bond donors (Lipinski definition) is 2. The van der Waals surface area contributed by atoms with Gasteiger partial charge < -0.3 is 10.4 Å². The maximum Gasteiger partial charge on any atom is 0.134 e. The molecule has 1 fully saturated rings. The number of aryl methyl sites for hydroxylation is 1. The summed E-state index contributed by atoms with van der Waals surface area (Å²) in [5.74, 6) is 0.713. The molecule has 0 radical (unpaired) electrons. The largest absolute Gasteiger partial charge is 0.506 e. The highest BCUT2D eigenvalue weighted by Gasteiger charge is 2.18. The van der Waals surface area contributed by atoms with Crippen molar-refractivity contribution in [3.05, 3.63) is 28.3 Å². The quantitative estimate of drug-likeness (QED) is 0.771. The maximum absolute atomic E-state index is 9.60. The van der Waals surface area contributed by atoms with E-state index >= 15 is 0 Å². The Morgan fingerprint density at radius 3 is 2.93 bits per heavy atom. The van der Waals surface area contributed by atoms with Crippen LogP contribution in [0.2, 0.25) is 5.02 Å². The number of phenols is 1. The summed E-state index contributed by atoms with van der Waals surface area (Å²) in [5, 5.41) is 13.4. The molecule has 0 spiro atoms. The van der Waals surface area contributed by atoms with Crippen molar-refractivity contribution < 1.29 is 5.11 Å². The SMILES string of the molecule is Cc1cc(Cl)c(O)cc1C1CCCNC1. The molecule has 82 valence electrons. The lowest BCUT2D eigenvalue weighted by Gasteiger charge is -2.24. The molecule has 15 heavy (non-hydrogen) atoms. The highest BCUT2D eigenvalue weighted by molar-refractivity contribution is 6.32. The van der Waals surface area contributed by atoms with Gasteiger partial charge in [0.15, 0.2) is 0 Å². The fourth-order valence-corrected chi connectivity index (χ4v) is 2.45. The van der Waals surface area contributed by atoms with Gasteiger partial charge >= 0.3 is 0 Å². The minimum absolute atomic E-state index is 0.197. The van der Waals surface area contributed by atoms with Gasteiger partial charge in [0.05, 0.1) is 5.02 Å². The molecule has 0 saturated carbocycles. The summed E-state index contributed by atoms with van der Waals surface area (Å²) in [7, 11) is 0. The lowest BCUT2D eigenvalue weighted by atomic mass is 9.88.